The first-order chi connectivity index (χ1) is 12.6. The van der Waals surface area contributed by atoms with Crippen LogP contribution < -0.4 is 10.2 Å². The second-order valence-electron chi connectivity index (χ2n) is 6.39. The molecule has 1 aliphatic rings. The van der Waals surface area contributed by atoms with Gasteiger partial charge in [0.05, 0.1) is 11.0 Å². The van der Waals surface area contributed by atoms with Gasteiger partial charge in [0.25, 0.3) is 5.91 Å². The largest absolute Gasteiger partial charge is 0.380 e. The third kappa shape index (κ3) is 3.43. The summed E-state index contributed by atoms with van der Waals surface area (Å²) in [6, 6.07) is 14.1. The molecular formula is C20H19FN2O2S. The summed E-state index contributed by atoms with van der Waals surface area (Å²) in [5.74, 6) is -0.476. The molecule has 0 saturated carbocycles. The number of nitrogens with one attached hydrogen (secondary N) is 1. The van der Waals surface area contributed by atoms with Gasteiger partial charge in [0, 0.05) is 36.3 Å². The topological polar surface area (TPSA) is 41.6 Å². The number of methoxy groups -OCH3 is 1. The summed E-state index contributed by atoms with van der Waals surface area (Å²) >= 11 is 1.36. The molecule has 0 aliphatic carbocycles. The van der Waals surface area contributed by atoms with Crippen LogP contribution in [0.5, 0.6) is 0 Å². The van der Waals surface area contributed by atoms with Gasteiger partial charge in [-0.3, -0.25) is 4.79 Å². The van der Waals surface area contributed by atoms with E-state index >= 15 is 0 Å². The Balaban J connectivity index is 1.45. The zero-order valence-electron chi connectivity index (χ0n) is 14.4. The van der Waals surface area contributed by atoms with Crippen molar-refractivity contribution in [2.45, 2.75) is 12.5 Å². The number of amides is 1. The molecule has 0 radical (unpaired) electrons. The lowest BCUT2D eigenvalue weighted by Crippen LogP contribution is -2.22. The van der Waals surface area contributed by atoms with Crippen molar-refractivity contribution in [2.24, 2.45) is 0 Å². The van der Waals surface area contributed by atoms with Crippen molar-refractivity contribution in [3.63, 3.8) is 0 Å². The number of anilines is 2. The van der Waals surface area contributed by atoms with Gasteiger partial charge in [0.2, 0.25) is 0 Å². The summed E-state index contributed by atoms with van der Waals surface area (Å²) in [6.45, 7) is 1.86. The number of nitrogens with zero attached hydrogens (tertiary/aromatic N) is 1. The van der Waals surface area contributed by atoms with Gasteiger partial charge in [-0.1, -0.05) is 0 Å². The molecule has 1 aromatic heterocycles. The molecule has 0 spiro atoms. The molecule has 2 aromatic carbocycles. The number of benzene rings is 2. The van der Waals surface area contributed by atoms with Crippen LogP contribution >= 0.6 is 11.3 Å². The second kappa shape index (κ2) is 7.05. The van der Waals surface area contributed by atoms with Gasteiger partial charge in [-0.05, 0) is 60.3 Å². The first kappa shape index (κ1) is 17.0. The van der Waals surface area contributed by atoms with Gasteiger partial charge in [0.15, 0.2) is 0 Å². The van der Waals surface area contributed by atoms with E-state index in [1.54, 1.807) is 19.2 Å². The van der Waals surface area contributed by atoms with Crippen LogP contribution in [0, 0.1) is 5.82 Å². The van der Waals surface area contributed by atoms with Gasteiger partial charge < -0.3 is 15.0 Å². The normalized spacial score (nSPS) is 17.0. The zero-order chi connectivity index (χ0) is 18.1. The minimum atomic E-state index is -0.296. The molecule has 1 amide bonds. The molecule has 0 bridgehead atoms. The first-order valence-corrected chi connectivity index (χ1v) is 9.32. The summed E-state index contributed by atoms with van der Waals surface area (Å²) in [7, 11) is 1.75. The predicted molar refractivity (Wildman–Crippen MR) is 104 cm³/mol. The number of carbonyl (C=O) groups excluding carboxylic acids is 1. The zero-order valence-corrected chi connectivity index (χ0v) is 15.2. The lowest BCUT2D eigenvalue weighted by atomic mass is 10.2. The van der Waals surface area contributed by atoms with Crippen LogP contribution in [-0.4, -0.2) is 32.2 Å². The quantitative estimate of drug-likeness (QED) is 0.734. The van der Waals surface area contributed by atoms with E-state index in [4.69, 9.17) is 4.74 Å². The number of carbonyl (C=O) groups is 1. The maximum atomic E-state index is 13.3. The van der Waals surface area contributed by atoms with Crippen LogP contribution in [-0.2, 0) is 4.74 Å². The molecule has 2 heterocycles. The molecule has 1 aliphatic heterocycles. The Kier molecular flexibility index (Phi) is 4.61. The summed E-state index contributed by atoms with van der Waals surface area (Å²) in [4.78, 5) is 15.3. The van der Waals surface area contributed by atoms with E-state index in [2.05, 4.69) is 10.2 Å². The highest BCUT2D eigenvalue weighted by molar-refractivity contribution is 7.20. The highest BCUT2D eigenvalue weighted by Crippen LogP contribution is 2.28. The molecule has 1 saturated heterocycles. The van der Waals surface area contributed by atoms with Crippen molar-refractivity contribution in [2.75, 3.05) is 30.4 Å². The fourth-order valence-corrected chi connectivity index (χ4v) is 4.17. The molecule has 1 N–H and O–H groups in total. The second-order valence-corrected chi connectivity index (χ2v) is 7.47. The average molecular weight is 370 g/mol. The smallest absolute Gasteiger partial charge is 0.265 e. The summed E-state index contributed by atoms with van der Waals surface area (Å²) in [6.07, 6.45) is 1.31. The number of rotatable bonds is 4. The number of halogens is 1. The standard InChI is InChI=1S/C20H19FN2O2S/c1-25-17-8-9-23(12-17)16-5-3-15(4-6-16)22-20(24)19-11-13-10-14(21)2-7-18(13)26-19/h2-7,10-11,17H,8-9,12H2,1H3,(H,22,24). The third-order valence-electron chi connectivity index (χ3n) is 4.67. The molecule has 1 unspecified atom stereocenters. The van der Waals surface area contributed by atoms with E-state index in [1.165, 1.54) is 23.5 Å². The predicted octanol–water partition coefficient (Wildman–Crippen LogP) is 4.52. The van der Waals surface area contributed by atoms with E-state index in [1.807, 2.05) is 24.3 Å². The molecule has 4 nitrogen and oxygen atoms in total. The van der Waals surface area contributed by atoms with Crippen LogP contribution in [0.15, 0.2) is 48.5 Å². The number of fused-ring (bicyclic) bond motifs is 1. The average Bonchev–Trinajstić information content (AvgIpc) is 3.28. The monoisotopic (exact) mass is 370 g/mol. The maximum absolute atomic E-state index is 13.3. The third-order valence-corrected chi connectivity index (χ3v) is 5.79. The van der Waals surface area contributed by atoms with E-state index in [0.717, 1.165) is 41.0 Å². The molecule has 1 atom stereocenters. The van der Waals surface area contributed by atoms with Crippen LogP contribution in [0.4, 0.5) is 15.8 Å². The summed E-state index contributed by atoms with van der Waals surface area (Å²) < 4.78 is 19.6. The van der Waals surface area contributed by atoms with Crippen molar-refractivity contribution >= 4 is 38.7 Å². The van der Waals surface area contributed by atoms with Crippen molar-refractivity contribution in [1.29, 1.82) is 0 Å². The summed E-state index contributed by atoms with van der Waals surface area (Å²) in [5, 5.41) is 3.65. The van der Waals surface area contributed by atoms with Crippen LogP contribution in [0.25, 0.3) is 10.1 Å². The number of thiophene rings is 1. The minimum Gasteiger partial charge on any atom is -0.380 e. The SMILES string of the molecule is COC1CCN(c2ccc(NC(=O)c3cc4cc(F)ccc4s3)cc2)C1. The number of ether oxygens (including phenoxy) is 1. The highest BCUT2D eigenvalue weighted by atomic mass is 32.1. The Morgan fingerprint density at radius 2 is 2.04 bits per heavy atom. The Hall–Kier alpha value is -2.44. The van der Waals surface area contributed by atoms with E-state index < -0.39 is 0 Å². The first-order valence-electron chi connectivity index (χ1n) is 8.50. The lowest BCUT2D eigenvalue weighted by Gasteiger charge is -2.18. The molecule has 26 heavy (non-hydrogen) atoms. The maximum Gasteiger partial charge on any atom is 0.265 e. The molecule has 4 rings (SSSR count). The van der Waals surface area contributed by atoms with Gasteiger partial charge in [0.1, 0.15) is 5.82 Å². The van der Waals surface area contributed by atoms with Crippen LogP contribution in [0.2, 0.25) is 0 Å². The fourth-order valence-electron chi connectivity index (χ4n) is 3.23. The Morgan fingerprint density at radius 3 is 2.77 bits per heavy atom. The van der Waals surface area contributed by atoms with Crippen molar-refractivity contribution in [3.05, 3.63) is 59.2 Å². The van der Waals surface area contributed by atoms with Crippen LogP contribution in [0.1, 0.15) is 16.1 Å². The Morgan fingerprint density at radius 1 is 1.23 bits per heavy atom. The summed E-state index contributed by atoms with van der Waals surface area (Å²) in [5.41, 5.74) is 1.87. The Labute approximate surface area is 155 Å². The number of hydrogen-bond donors (Lipinski definition) is 1. The van der Waals surface area contributed by atoms with Gasteiger partial charge >= 0.3 is 0 Å². The van der Waals surface area contributed by atoms with Gasteiger partial charge in [-0.2, -0.15) is 0 Å². The van der Waals surface area contributed by atoms with Crippen molar-refractivity contribution in [1.82, 2.24) is 0 Å². The number of hydrogen-bond acceptors (Lipinski definition) is 4. The Bertz CT molecular complexity index is 939. The van der Waals surface area contributed by atoms with E-state index in [-0.39, 0.29) is 17.8 Å². The van der Waals surface area contributed by atoms with Gasteiger partial charge in [-0.15, -0.1) is 11.3 Å². The molecular weight excluding hydrogens is 351 g/mol. The molecule has 3 aromatic rings. The van der Waals surface area contributed by atoms with Gasteiger partial charge in [-0.25, -0.2) is 4.39 Å². The minimum absolute atomic E-state index is 0.181. The van der Waals surface area contributed by atoms with Crippen LogP contribution in [0.3, 0.4) is 0 Å². The molecule has 6 heteroatoms. The van der Waals surface area contributed by atoms with E-state index in [0.29, 0.717) is 4.88 Å². The molecule has 1 fully saturated rings. The fraction of sp³-hybridized carbons (Fsp3) is 0.250. The van der Waals surface area contributed by atoms with Crippen molar-refractivity contribution in [3.8, 4) is 0 Å². The van der Waals surface area contributed by atoms with Crippen molar-refractivity contribution < 1.29 is 13.9 Å². The lowest BCUT2D eigenvalue weighted by molar-refractivity contribution is 0.103. The van der Waals surface area contributed by atoms with E-state index in [9.17, 15) is 9.18 Å². The highest BCUT2D eigenvalue weighted by Gasteiger charge is 2.22. The molecule has 134 valence electrons.